The quantitative estimate of drug-likeness (QED) is 0.865. The Morgan fingerprint density at radius 3 is 2.38 bits per heavy atom. The highest BCUT2D eigenvalue weighted by atomic mass is 79.9. The van der Waals surface area contributed by atoms with E-state index in [2.05, 4.69) is 21.1 Å². The molecule has 0 atom stereocenters. The maximum absolute atomic E-state index is 12.3. The summed E-state index contributed by atoms with van der Waals surface area (Å²) >= 11 is 3.25. The van der Waals surface area contributed by atoms with E-state index in [9.17, 15) is 9.59 Å². The Labute approximate surface area is 132 Å². The van der Waals surface area contributed by atoms with Crippen LogP contribution < -0.4 is 5.56 Å². The maximum atomic E-state index is 12.3. The Bertz CT molecular complexity index is 720. The molecule has 2 rings (SSSR count). The molecule has 0 unspecified atom stereocenters. The average molecular weight is 349 g/mol. The standard InChI is InChI=1S/C16H17BrN2O2/c1-10-4-6-13(7-5-10)16(21)19(17)9-14-11(2)8-12(3)18-15(14)20/h4-8H,9H2,1-3H3,(H,18,20). The lowest BCUT2D eigenvalue weighted by Crippen LogP contribution is -2.26. The molecule has 0 spiro atoms. The molecule has 1 aromatic carbocycles. The number of halogens is 1. The van der Waals surface area contributed by atoms with E-state index in [1.54, 1.807) is 12.1 Å². The fourth-order valence-electron chi connectivity index (χ4n) is 2.12. The molecule has 2 aromatic rings. The molecular formula is C16H17BrN2O2. The molecule has 1 heterocycles. The van der Waals surface area contributed by atoms with E-state index in [4.69, 9.17) is 0 Å². The first-order chi connectivity index (χ1) is 9.88. The van der Waals surface area contributed by atoms with Crippen molar-refractivity contribution >= 4 is 22.1 Å². The minimum absolute atomic E-state index is 0.159. The third-order valence-corrected chi connectivity index (χ3v) is 3.88. The Morgan fingerprint density at radius 1 is 1.19 bits per heavy atom. The summed E-state index contributed by atoms with van der Waals surface area (Å²) in [4.78, 5) is 27.1. The summed E-state index contributed by atoms with van der Waals surface area (Å²) in [5.74, 6) is -0.172. The molecule has 0 fully saturated rings. The topological polar surface area (TPSA) is 53.2 Å². The van der Waals surface area contributed by atoms with Crippen LogP contribution >= 0.6 is 16.1 Å². The zero-order valence-corrected chi connectivity index (χ0v) is 13.8. The fraction of sp³-hybridized carbons (Fsp3) is 0.250. The normalized spacial score (nSPS) is 10.5. The van der Waals surface area contributed by atoms with Crippen molar-refractivity contribution in [2.24, 2.45) is 0 Å². The van der Waals surface area contributed by atoms with Gasteiger partial charge >= 0.3 is 0 Å². The number of rotatable bonds is 3. The van der Waals surface area contributed by atoms with E-state index in [1.165, 1.54) is 3.93 Å². The van der Waals surface area contributed by atoms with E-state index in [0.29, 0.717) is 11.1 Å². The van der Waals surface area contributed by atoms with Gasteiger partial charge in [-0.05, 0) is 44.5 Å². The van der Waals surface area contributed by atoms with Crippen LogP contribution in [0.1, 0.15) is 32.7 Å². The van der Waals surface area contributed by atoms with Gasteiger partial charge in [0.05, 0.1) is 22.7 Å². The van der Waals surface area contributed by atoms with Gasteiger partial charge in [-0.25, -0.2) is 0 Å². The molecule has 0 aliphatic carbocycles. The van der Waals surface area contributed by atoms with Crippen LogP contribution in [0.25, 0.3) is 0 Å². The number of H-pyrrole nitrogens is 1. The smallest absolute Gasteiger partial charge is 0.264 e. The second-order valence-corrected chi connectivity index (χ2v) is 5.99. The first-order valence-electron chi connectivity index (χ1n) is 6.62. The van der Waals surface area contributed by atoms with E-state index >= 15 is 0 Å². The van der Waals surface area contributed by atoms with Crippen LogP contribution in [0.4, 0.5) is 0 Å². The van der Waals surface area contributed by atoms with Crippen LogP contribution in [0.2, 0.25) is 0 Å². The number of hydrogen-bond acceptors (Lipinski definition) is 2. The van der Waals surface area contributed by atoms with E-state index in [0.717, 1.165) is 16.8 Å². The summed E-state index contributed by atoms with van der Waals surface area (Å²) in [5, 5.41) is 0. The molecule has 0 radical (unpaired) electrons. The van der Waals surface area contributed by atoms with Gasteiger partial charge < -0.3 is 4.98 Å². The van der Waals surface area contributed by atoms with Crippen LogP contribution in [0, 0.1) is 20.8 Å². The van der Waals surface area contributed by atoms with Crippen LogP contribution in [-0.2, 0) is 6.54 Å². The van der Waals surface area contributed by atoms with Crippen LogP contribution in [0.15, 0.2) is 35.1 Å². The number of nitrogens with one attached hydrogen (secondary N) is 1. The number of carbonyl (C=O) groups excluding carboxylic acids is 1. The first-order valence-corrected chi connectivity index (χ1v) is 7.33. The lowest BCUT2D eigenvalue weighted by Gasteiger charge is -2.16. The molecule has 4 nitrogen and oxygen atoms in total. The molecule has 1 aromatic heterocycles. The number of amides is 1. The number of aromatic amines is 1. The van der Waals surface area contributed by atoms with Gasteiger partial charge in [0.1, 0.15) is 0 Å². The van der Waals surface area contributed by atoms with Gasteiger partial charge in [0.15, 0.2) is 0 Å². The summed E-state index contributed by atoms with van der Waals surface area (Å²) < 4.78 is 1.38. The Balaban J connectivity index is 2.22. The highest BCUT2D eigenvalue weighted by Crippen LogP contribution is 2.15. The minimum atomic E-state index is -0.172. The Hall–Kier alpha value is -1.88. The molecule has 21 heavy (non-hydrogen) atoms. The lowest BCUT2D eigenvalue weighted by molar-refractivity contribution is 0.0873. The predicted octanol–water partition coefficient (Wildman–Crippen LogP) is 3.25. The molecule has 0 aliphatic heterocycles. The summed E-state index contributed by atoms with van der Waals surface area (Å²) in [7, 11) is 0. The van der Waals surface area contributed by atoms with Gasteiger partial charge in [-0.2, -0.15) is 0 Å². The van der Waals surface area contributed by atoms with Gasteiger partial charge in [0.25, 0.3) is 11.5 Å². The number of aryl methyl sites for hydroxylation is 3. The van der Waals surface area contributed by atoms with E-state index in [-0.39, 0.29) is 18.0 Å². The van der Waals surface area contributed by atoms with Crippen molar-refractivity contribution in [2.45, 2.75) is 27.3 Å². The molecule has 1 N–H and O–H groups in total. The Morgan fingerprint density at radius 2 is 1.81 bits per heavy atom. The molecule has 0 saturated carbocycles. The highest BCUT2D eigenvalue weighted by Gasteiger charge is 2.16. The third-order valence-electron chi connectivity index (χ3n) is 3.31. The molecule has 110 valence electrons. The van der Waals surface area contributed by atoms with Crippen molar-refractivity contribution in [1.29, 1.82) is 0 Å². The lowest BCUT2D eigenvalue weighted by atomic mass is 10.1. The SMILES string of the molecule is Cc1ccc(C(=O)N(Br)Cc2c(C)cc(C)[nH]c2=O)cc1. The van der Waals surface area contributed by atoms with Crippen LogP contribution in [0.5, 0.6) is 0 Å². The Kier molecular flexibility index (Phi) is 4.63. The van der Waals surface area contributed by atoms with E-state index in [1.807, 2.05) is 39.0 Å². The molecular weight excluding hydrogens is 332 g/mol. The van der Waals surface area contributed by atoms with Gasteiger partial charge in [0, 0.05) is 16.8 Å². The number of aromatic nitrogens is 1. The molecule has 0 aliphatic rings. The van der Waals surface area contributed by atoms with Gasteiger partial charge in [-0.1, -0.05) is 17.7 Å². The molecule has 1 amide bonds. The van der Waals surface area contributed by atoms with Gasteiger partial charge in [-0.3, -0.25) is 13.5 Å². The third kappa shape index (κ3) is 3.61. The minimum Gasteiger partial charge on any atom is -0.326 e. The first kappa shape index (κ1) is 15.5. The summed E-state index contributed by atoms with van der Waals surface area (Å²) in [6, 6.07) is 9.22. The van der Waals surface area contributed by atoms with Crippen molar-refractivity contribution in [3.63, 3.8) is 0 Å². The van der Waals surface area contributed by atoms with Gasteiger partial charge in [0.2, 0.25) is 0 Å². The predicted molar refractivity (Wildman–Crippen MR) is 86.5 cm³/mol. The molecule has 0 bridgehead atoms. The number of benzene rings is 1. The average Bonchev–Trinajstić information content (AvgIpc) is 2.42. The summed E-state index contributed by atoms with van der Waals surface area (Å²) in [6.45, 7) is 5.89. The summed E-state index contributed by atoms with van der Waals surface area (Å²) in [5.41, 5.74) is 3.79. The number of hydrogen-bond donors (Lipinski definition) is 1. The van der Waals surface area contributed by atoms with Crippen LogP contribution in [-0.4, -0.2) is 14.8 Å². The van der Waals surface area contributed by atoms with Crippen LogP contribution in [0.3, 0.4) is 0 Å². The van der Waals surface area contributed by atoms with Crippen molar-refractivity contribution in [3.05, 3.63) is 68.6 Å². The van der Waals surface area contributed by atoms with E-state index < -0.39 is 0 Å². The monoisotopic (exact) mass is 348 g/mol. The maximum Gasteiger partial charge on any atom is 0.264 e. The second kappa shape index (κ2) is 6.26. The van der Waals surface area contributed by atoms with Crippen molar-refractivity contribution in [2.75, 3.05) is 0 Å². The molecule has 0 saturated heterocycles. The second-order valence-electron chi connectivity index (χ2n) is 5.13. The largest absolute Gasteiger partial charge is 0.326 e. The van der Waals surface area contributed by atoms with Gasteiger partial charge in [-0.15, -0.1) is 0 Å². The number of pyridine rings is 1. The zero-order chi connectivity index (χ0) is 15.6. The molecule has 5 heteroatoms. The number of nitrogens with zero attached hydrogens (tertiary/aromatic N) is 1. The highest BCUT2D eigenvalue weighted by molar-refractivity contribution is 9.07. The zero-order valence-electron chi connectivity index (χ0n) is 12.2. The number of carbonyl (C=O) groups is 1. The van der Waals surface area contributed by atoms with Crippen molar-refractivity contribution in [1.82, 2.24) is 8.91 Å². The summed E-state index contributed by atoms with van der Waals surface area (Å²) in [6.07, 6.45) is 0. The van der Waals surface area contributed by atoms with Crippen molar-refractivity contribution < 1.29 is 4.79 Å². The fourth-order valence-corrected chi connectivity index (χ4v) is 2.58. The van der Waals surface area contributed by atoms with Crippen molar-refractivity contribution in [3.8, 4) is 0 Å².